The minimum atomic E-state index is -0.891. The number of carbonyl (C=O) groups excluding carboxylic acids is 2. The van der Waals surface area contributed by atoms with Gasteiger partial charge in [0.1, 0.15) is 29.7 Å². The molecule has 7 nitrogen and oxygen atoms in total. The van der Waals surface area contributed by atoms with Gasteiger partial charge in [0, 0.05) is 37.1 Å². The van der Waals surface area contributed by atoms with Crippen molar-refractivity contribution in [2.75, 3.05) is 18.4 Å². The van der Waals surface area contributed by atoms with Crippen molar-refractivity contribution in [2.45, 2.75) is 32.5 Å². The van der Waals surface area contributed by atoms with Crippen LogP contribution in [0.25, 0.3) is 0 Å². The van der Waals surface area contributed by atoms with Gasteiger partial charge < -0.3 is 24.4 Å². The summed E-state index contributed by atoms with van der Waals surface area (Å²) in [6, 6.07) is 22.5. The zero-order valence-corrected chi connectivity index (χ0v) is 22.3. The summed E-state index contributed by atoms with van der Waals surface area (Å²) in [5.41, 5.74) is 1.66. The van der Waals surface area contributed by atoms with E-state index in [9.17, 15) is 18.4 Å². The van der Waals surface area contributed by atoms with Crippen molar-refractivity contribution in [2.24, 2.45) is 0 Å². The van der Waals surface area contributed by atoms with E-state index in [2.05, 4.69) is 9.88 Å². The SMILES string of the molecule is CC(C)N(CC(=O)N1CCn2cccc2C1c1cccc(Oc2ccccc2)c1)C(=O)Nc1ccc(F)cc1F. The largest absolute Gasteiger partial charge is 0.457 e. The Labute approximate surface area is 231 Å². The molecule has 2 heterocycles. The molecule has 5 rings (SSSR count). The molecule has 0 radical (unpaired) electrons. The number of rotatable bonds is 7. The summed E-state index contributed by atoms with van der Waals surface area (Å²) >= 11 is 0. The first-order valence-corrected chi connectivity index (χ1v) is 13.1. The highest BCUT2D eigenvalue weighted by Crippen LogP contribution is 2.35. The van der Waals surface area contributed by atoms with E-state index in [1.807, 2.05) is 72.9 Å². The molecule has 1 atom stereocenters. The number of halogens is 2. The van der Waals surface area contributed by atoms with Crippen LogP contribution in [0.1, 0.15) is 31.1 Å². The van der Waals surface area contributed by atoms with Crippen molar-refractivity contribution in [3.8, 4) is 11.5 Å². The summed E-state index contributed by atoms with van der Waals surface area (Å²) in [6.45, 7) is 4.38. The molecule has 4 aromatic rings. The van der Waals surface area contributed by atoms with Crippen LogP contribution in [-0.4, -0.2) is 45.4 Å². The topological polar surface area (TPSA) is 66.8 Å². The summed E-state index contributed by atoms with van der Waals surface area (Å²) in [5.74, 6) is -0.543. The Kier molecular flexibility index (Phi) is 7.82. The lowest BCUT2D eigenvalue weighted by molar-refractivity contribution is -0.134. The second kappa shape index (κ2) is 11.6. The Hall–Kier alpha value is -4.66. The number of nitrogens with zero attached hydrogens (tertiary/aromatic N) is 3. The molecule has 0 spiro atoms. The van der Waals surface area contributed by atoms with E-state index in [1.165, 1.54) is 4.90 Å². The van der Waals surface area contributed by atoms with Crippen molar-refractivity contribution in [3.05, 3.63) is 114 Å². The molecule has 0 aliphatic carbocycles. The second-order valence-corrected chi connectivity index (χ2v) is 9.88. The molecule has 3 aromatic carbocycles. The molecular weight excluding hydrogens is 514 g/mol. The molecular formula is C31H30F2N4O3. The van der Waals surface area contributed by atoms with Crippen LogP contribution in [0.5, 0.6) is 11.5 Å². The fourth-order valence-corrected chi connectivity index (χ4v) is 4.88. The van der Waals surface area contributed by atoms with Crippen LogP contribution in [0.4, 0.5) is 19.3 Å². The van der Waals surface area contributed by atoms with Crippen LogP contribution in [0.2, 0.25) is 0 Å². The molecule has 40 heavy (non-hydrogen) atoms. The number of urea groups is 1. The minimum absolute atomic E-state index is 0.159. The number of benzene rings is 3. The zero-order chi connectivity index (χ0) is 28.2. The van der Waals surface area contributed by atoms with Gasteiger partial charge in [0.05, 0.1) is 11.7 Å². The van der Waals surface area contributed by atoms with Crippen molar-refractivity contribution < 1.29 is 23.1 Å². The van der Waals surface area contributed by atoms with Gasteiger partial charge in [0.2, 0.25) is 5.91 Å². The highest BCUT2D eigenvalue weighted by Gasteiger charge is 2.34. The van der Waals surface area contributed by atoms with Gasteiger partial charge in [0.15, 0.2) is 0 Å². The first-order valence-electron chi connectivity index (χ1n) is 13.1. The maximum Gasteiger partial charge on any atom is 0.322 e. The van der Waals surface area contributed by atoms with Crippen LogP contribution in [0.15, 0.2) is 91.1 Å². The van der Waals surface area contributed by atoms with E-state index in [0.29, 0.717) is 30.7 Å². The first kappa shape index (κ1) is 26.9. The lowest BCUT2D eigenvalue weighted by Gasteiger charge is -2.39. The minimum Gasteiger partial charge on any atom is -0.457 e. The van der Waals surface area contributed by atoms with Crippen LogP contribution in [0.3, 0.4) is 0 Å². The smallest absolute Gasteiger partial charge is 0.322 e. The van der Waals surface area contributed by atoms with E-state index >= 15 is 0 Å². The molecule has 1 aliphatic heterocycles. The summed E-state index contributed by atoms with van der Waals surface area (Å²) in [6.07, 6.45) is 1.99. The van der Waals surface area contributed by atoms with E-state index in [4.69, 9.17) is 4.74 Å². The normalized spacial score (nSPS) is 14.5. The van der Waals surface area contributed by atoms with Crippen molar-refractivity contribution in [1.82, 2.24) is 14.4 Å². The van der Waals surface area contributed by atoms with Gasteiger partial charge in [-0.3, -0.25) is 4.79 Å². The van der Waals surface area contributed by atoms with Gasteiger partial charge >= 0.3 is 6.03 Å². The van der Waals surface area contributed by atoms with Gasteiger partial charge in [-0.05, 0) is 67.9 Å². The molecule has 1 aromatic heterocycles. The number of anilines is 1. The predicted molar refractivity (Wildman–Crippen MR) is 148 cm³/mol. The third kappa shape index (κ3) is 5.83. The summed E-state index contributed by atoms with van der Waals surface area (Å²) in [7, 11) is 0. The Morgan fingerprint density at radius 1 is 0.950 bits per heavy atom. The van der Waals surface area contributed by atoms with Crippen molar-refractivity contribution >= 4 is 17.6 Å². The van der Waals surface area contributed by atoms with Crippen molar-refractivity contribution in [3.63, 3.8) is 0 Å². The number of hydrogen-bond acceptors (Lipinski definition) is 3. The Morgan fingerprint density at radius 2 is 1.73 bits per heavy atom. The summed E-state index contributed by atoms with van der Waals surface area (Å²) < 4.78 is 35.7. The number of ether oxygens (including phenoxy) is 1. The highest BCUT2D eigenvalue weighted by molar-refractivity contribution is 5.92. The van der Waals surface area contributed by atoms with E-state index in [0.717, 1.165) is 23.4 Å². The third-order valence-corrected chi connectivity index (χ3v) is 6.87. The predicted octanol–water partition coefficient (Wildman–Crippen LogP) is 6.43. The van der Waals surface area contributed by atoms with Crippen LogP contribution in [-0.2, 0) is 11.3 Å². The van der Waals surface area contributed by atoms with Gasteiger partial charge in [0.25, 0.3) is 0 Å². The monoisotopic (exact) mass is 544 g/mol. The summed E-state index contributed by atoms with van der Waals surface area (Å²) in [4.78, 5) is 30.0. The number of fused-ring (bicyclic) bond motifs is 1. The third-order valence-electron chi connectivity index (χ3n) is 6.87. The summed E-state index contributed by atoms with van der Waals surface area (Å²) in [5, 5.41) is 2.47. The van der Waals surface area contributed by atoms with E-state index in [-0.39, 0.29) is 24.2 Å². The molecule has 0 saturated heterocycles. The van der Waals surface area contributed by atoms with Crippen LogP contribution >= 0.6 is 0 Å². The van der Waals surface area contributed by atoms with Gasteiger partial charge in [-0.15, -0.1) is 0 Å². The zero-order valence-electron chi connectivity index (χ0n) is 22.3. The first-order chi connectivity index (χ1) is 19.3. The Balaban J connectivity index is 1.39. The molecule has 0 fully saturated rings. The van der Waals surface area contributed by atoms with Crippen LogP contribution in [0, 0.1) is 11.6 Å². The fraction of sp³-hybridized carbons (Fsp3) is 0.226. The molecule has 1 aliphatic rings. The number of amides is 3. The second-order valence-electron chi connectivity index (χ2n) is 9.88. The quantitative estimate of drug-likeness (QED) is 0.292. The van der Waals surface area contributed by atoms with Gasteiger partial charge in [-0.25, -0.2) is 13.6 Å². The maximum atomic E-state index is 14.2. The number of carbonyl (C=O) groups is 2. The molecule has 1 N–H and O–H groups in total. The number of para-hydroxylation sites is 1. The molecule has 1 unspecified atom stereocenters. The molecule has 206 valence electrons. The molecule has 9 heteroatoms. The van der Waals surface area contributed by atoms with E-state index in [1.54, 1.807) is 18.7 Å². The Morgan fingerprint density at radius 3 is 2.48 bits per heavy atom. The van der Waals surface area contributed by atoms with Crippen LogP contribution < -0.4 is 10.1 Å². The Bertz CT molecular complexity index is 1510. The average molecular weight is 545 g/mol. The average Bonchev–Trinajstić information content (AvgIpc) is 3.42. The molecule has 0 saturated carbocycles. The van der Waals surface area contributed by atoms with Gasteiger partial charge in [-0.1, -0.05) is 30.3 Å². The standard InChI is InChI=1S/C31H30F2N4O3/c1-21(2)37(31(39)34-27-14-13-23(32)19-26(27)33)20-29(38)36-17-16-35-15-7-12-28(35)30(36)22-8-6-11-25(18-22)40-24-9-4-3-5-10-24/h3-15,18-19,21,30H,16-17,20H2,1-2H3,(H,34,39). The fourth-order valence-electron chi connectivity index (χ4n) is 4.88. The van der Waals surface area contributed by atoms with Crippen molar-refractivity contribution in [1.29, 1.82) is 0 Å². The highest BCUT2D eigenvalue weighted by atomic mass is 19.1. The van der Waals surface area contributed by atoms with Gasteiger partial charge in [-0.2, -0.15) is 0 Å². The van der Waals surface area contributed by atoms with E-state index < -0.39 is 23.7 Å². The lowest BCUT2D eigenvalue weighted by atomic mass is 9.99. The molecule has 3 amide bonds. The maximum absolute atomic E-state index is 14.2. The number of nitrogens with one attached hydrogen (secondary N) is 1. The number of hydrogen-bond donors (Lipinski definition) is 1. The molecule has 0 bridgehead atoms. The lowest BCUT2D eigenvalue weighted by Crippen LogP contribution is -2.50. The number of aromatic nitrogens is 1.